The Morgan fingerprint density at radius 3 is 1.95 bits per heavy atom. The fraction of sp³-hybridized carbons (Fsp3) is 0.800. The van der Waals surface area contributed by atoms with Crippen LogP contribution in [0.15, 0.2) is 12.2 Å². The Balaban J connectivity index is 1.77. The number of esters is 1. The van der Waals surface area contributed by atoms with Crippen molar-refractivity contribution >= 4 is 40.8 Å². The second-order valence-corrected chi connectivity index (χ2v) is 9.14. The molecule has 0 saturated heterocycles. The highest BCUT2D eigenvalue weighted by atomic mass is 35.6. The summed E-state index contributed by atoms with van der Waals surface area (Å²) in [4.78, 5) is 12.2. The number of hydrogen-bond donors (Lipinski definition) is 0. The van der Waals surface area contributed by atoms with Crippen LogP contribution < -0.4 is 0 Å². The summed E-state index contributed by atoms with van der Waals surface area (Å²) in [5, 5.41) is 0. The molecule has 4 fully saturated rings. The summed E-state index contributed by atoms with van der Waals surface area (Å²) in [6.45, 7) is 5.63. The Morgan fingerprint density at radius 1 is 1.10 bits per heavy atom. The topological polar surface area (TPSA) is 26.3 Å². The SMILES string of the molecule is C=C(C(=O)OC1(C)C2CC3CC(C2)CC1C3)C(Cl)(Cl)Cl. The molecule has 4 bridgehead atoms. The van der Waals surface area contributed by atoms with Crippen molar-refractivity contribution in [2.24, 2.45) is 23.7 Å². The highest BCUT2D eigenvalue weighted by molar-refractivity contribution is 6.70. The molecule has 0 N–H and O–H groups in total. The smallest absolute Gasteiger partial charge is 0.338 e. The van der Waals surface area contributed by atoms with Crippen LogP contribution in [0.1, 0.15) is 39.0 Å². The van der Waals surface area contributed by atoms with Gasteiger partial charge in [0.2, 0.25) is 3.79 Å². The Bertz CT molecular complexity index is 425. The molecule has 0 radical (unpaired) electrons. The number of hydrogen-bond acceptors (Lipinski definition) is 2. The third-order valence-electron chi connectivity index (χ3n) is 5.66. The van der Waals surface area contributed by atoms with E-state index in [1.54, 1.807) is 0 Å². The van der Waals surface area contributed by atoms with Gasteiger partial charge >= 0.3 is 5.97 Å². The van der Waals surface area contributed by atoms with Crippen LogP contribution in [-0.4, -0.2) is 15.4 Å². The quantitative estimate of drug-likeness (QED) is 0.416. The third-order valence-corrected chi connectivity index (χ3v) is 6.34. The van der Waals surface area contributed by atoms with Gasteiger partial charge in [-0.2, -0.15) is 0 Å². The lowest BCUT2D eigenvalue weighted by atomic mass is 9.50. The maximum Gasteiger partial charge on any atom is 0.338 e. The van der Waals surface area contributed by atoms with E-state index in [9.17, 15) is 4.79 Å². The van der Waals surface area contributed by atoms with Crippen LogP contribution in [0.5, 0.6) is 0 Å². The predicted octanol–water partition coefficient (Wildman–Crippen LogP) is 4.67. The Morgan fingerprint density at radius 2 is 1.55 bits per heavy atom. The van der Waals surface area contributed by atoms with Crippen molar-refractivity contribution < 1.29 is 9.53 Å². The monoisotopic (exact) mass is 336 g/mol. The van der Waals surface area contributed by atoms with Crippen molar-refractivity contribution in [3.63, 3.8) is 0 Å². The molecular weight excluding hydrogens is 319 g/mol. The fourth-order valence-corrected chi connectivity index (χ4v) is 4.90. The summed E-state index contributed by atoms with van der Waals surface area (Å²) >= 11 is 17.2. The minimum absolute atomic E-state index is 0.0995. The van der Waals surface area contributed by atoms with Gasteiger partial charge in [0.15, 0.2) is 0 Å². The lowest BCUT2D eigenvalue weighted by Crippen LogP contribution is -2.58. The van der Waals surface area contributed by atoms with Gasteiger partial charge in [-0.25, -0.2) is 4.79 Å². The zero-order chi connectivity index (χ0) is 14.7. The van der Waals surface area contributed by atoms with Gasteiger partial charge < -0.3 is 4.74 Å². The Labute approximate surface area is 134 Å². The van der Waals surface area contributed by atoms with Crippen molar-refractivity contribution in [2.75, 3.05) is 0 Å². The highest BCUT2D eigenvalue weighted by Crippen LogP contribution is 2.59. The Hall–Kier alpha value is 0.0800. The van der Waals surface area contributed by atoms with E-state index < -0.39 is 15.4 Å². The van der Waals surface area contributed by atoms with Crippen LogP contribution in [0.2, 0.25) is 0 Å². The van der Waals surface area contributed by atoms with Gasteiger partial charge in [0.1, 0.15) is 5.60 Å². The van der Waals surface area contributed by atoms with E-state index in [2.05, 4.69) is 13.5 Å². The van der Waals surface area contributed by atoms with Crippen molar-refractivity contribution in [1.29, 1.82) is 0 Å². The molecule has 0 aromatic rings. The van der Waals surface area contributed by atoms with E-state index in [0.29, 0.717) is 11.8 Å². The van der Waals surface area contributed by atoms with Gasteiger partial charge in [-0.15, -0.1) is 0 Å². The molecule has 0 heterocycles. The molecule has 0 aromatic carbocycles. The lowest BCUT2D eigenvalue weighted by molar-refractivity contribution is -0.199. The van der Waals surface area contributed by atoms with E-state index in [0.717, 1.165) is 37.5 Å². The summed E-state index contributed by atoms with van der Waals surface area (Å²) in [6, 6.07) is 0. The molecule has 4 saturated carbocycles. The average Bonchev–Trinajstić information content (AvgIpc) is 2.33. The van der Waals surface area contributed by atoms with Crippen LogP contribution in [0.3, 0.4) is 0 Å². The van der Waals surface area contributed by atoms with Crippen LogP contribution >= 0.6 is 34.8 Å². The summed E-state index contributed by atoms with van der Waals surface area (Å²) in [5.74, 6) is 1.97. The molecule has 0 amide bonds. The molecule has 112 valence electrons. The van der Waals surface area contributed by atoms with E-state index in [4.69, 9.17) is 39.5 Å². The second kappa shape index (κ2) is 4.79. The van der Waals surface area contributed by atoms with Crippen molar-refractivity contribution in [3.8, 4) is 0 Å². The number of rotatable bonds is 2. The van der Waals surface area contributed by atoms with Crippen molar-refractivity contribution in [3.05, 3.63) is 12.2 Å². The minimum Gasteiger partial charge on any atom is -0.455 e. The first-order chi connectivity index (χ1) is 9.20. The van der Waals surface area contributed by atoms with Gasteiger partial charge in [-0.3, -0.25) is 0 Å². The van der Waals surface area contributed by atoms with Gasteiger partial charge in [0.05, 0.1) is 5.57 Å². The number of halogens is 3. The maximum absolute atomic E-state index is 12.2. The van der Waals surface area contributed by atoms with Gasteiger partial charge in [0, 0.05) is 0 Å². The molecule has 2 nitrogen and oxygen atoms in total. The van der Waals surface area contributed by atoms with Gasteiger partial charge in [-0.05, 0) is 62.7 Å². The molecule has 4 aliphatic rings. The van der Waals surface area contributed by atoms with E-state index in [1.807, 2.05) is 0 Å². The standard InChI is InChI=1S/C15H19Cl3O2/c1-8(15(16,17)18)13(19)20-14(2)11-4-9-3-10(6-11)7-12(14)5-9/h9-12H,1,3-7H2,2H3. The van der Waals surface area contributed by atoms with E-state index >= 15 is 0 Å². The summed E-state index contributed by atoms with van der Waals surface area (Å²) < 4.78 is 4.02. The van der Waals surface area contributed by atoms with Gasteiger partial charge in [-0.1, -0.05) is 41.4 Å². The number of carbonyl (C=O) groups excluding carboxylic acids is 1. The molecule has 4 rings (SSSR count). The van der Waals surface area contributed by atoms with Crippen LogP contribution in [-0.2, 0) is 9.53 Å². The normalized spacial score (nSPS) is 42.6. The molecule has 0 spiro atoms. The van der Waals surface area contributed by atoms with Crippen molar-refractivity contribution in [2.45, 2.75) is 48.4 Å². The number of carbonyl (C=O) groups is 1. The lowest BCUT2D eigenvalue weighted by Gasteiger charge is -2.59. The number of alkyl halides is 3. The predicted molar refractivity (Wildman–Crippen MR) is 81.0 cm³/mol. The van der Waals surface area contributed by atoms with Crippen molar-refractivity contribution in [1.82, 2.24) is 0 Å². The average molecular weight is 338 g/mol. The first-order valence-corrected chi connectivity index (χ1v) is 8.33. The van der Waals surface area contributed by atoms with Crippen LogP contribution in [0, 0.1) is 23.7 Å². The largest absolute Gasteiger partial charge is 0.455 e. The molecule has 0 aromatic heterocycles. The number of ether oxygens (including phenoxy) is 1. The highest BCUT2D eigenvalue weighted by Gasteiger charge is 2.57. The maximum atomic E-state index is 12.2. The first-order valence-electron chi connectivity index (χ1n) is 7.19. The fourth-order valence-electron chi connectivity index (χ4n) is 4.66. The summed E-state index contributed by atoms with van der Waals surface area (Å²) in [5.41, 5.74) is -0.513. The zero-order valence-electron chi connectivity index (χ0n) is 11.5. The second-order valence-electron chi connectivity index (χ2n) is 6.85. The first kappa shape index (κ1) is 15.0. The van der Waals surface area contributed by atoms with E-state index in [-0.39, 0.29) is 5.57 Å². The molecule has 4 aliphatic carbocycles. The molecule has 0 aliphatic heterocycles. The van der Waals surface area contributed by atoms with E-state index in [1.165, 1.54) is 6.42 Å². The zero-order valence-corrected chi connectivity index (χ0v) is 13.8. The minimum atomic E-state index is -1.79. The van der Waals surface area contributed by atoms with Crippen LogP contribution in [0.4, 0.5) is 0 Å². The van der Waals surface area contributed by atoms with Gasteiger partial charge in [0.25, 0.3) is 0 Å². The molecule has 5 heteroatoms. The molecular formula is C15H19Cl3O2. The summed E-state index contributed by atoms with van der Waals surface area (Å²) in [6.07, 6.45) is 6.01. The molecule has 0 atom stereocenters. The Kier molecular flexibility index (Phi) is 3.59. The van der Waals surface area contributed by atoms with Crippen LogP contribution in [0.25, 0.3) is 0 Å². The molecule has 0 unspecified atom stereocenters. The third kappa shape index (κ3) is 2.38. The summed E-state index contributed by atoms with van der Waals surface area (Å²) in [7, 11) is 0. The molecule has 20 heavy (non-hydrogen) atoms.